The topological polar surface area (TPSA) is 125 Å². The van der Waals surface area contributed by atoms with Crippen LogP contribution in [0.15, 0.2) is 61.1 Å². The number of hydrogen-bond acceptors (Lipinski definition) is 6. The first-order valence-electron chi connectivity index (χ1n) is 10.8. The van der Waals surface area contributed by atoms with Gasteiger partial charge in [0, 0.05) is 18.9 Å². The number of rotatable bonds is 4. The van der Waals surface area contributed by atoms with Crippen molar-refractivity contribution in [3.05, 3.63) is 83.4 Å². The number of carbonyl (C=O) groups is 3. The van der Waals surface area contributed by atoms with Crippen LogP contribution < -0.4 is 10.6 Å². The second-order valence-electron chi connectivity index (χ2n) is 8.12. The van der Waals surface area contributed by atoms with Gasteiger partial charge in [-0.15, -0.1) is 0 Å². The van der Waals surface area contributed by atoms with Crippen LogP contribution in [-0.4, -0.2) is 56.3 Å². The molecule has 2 aliphatic rings. The maximum atomic E-state index is 13.4. The Bertz CT molecular complexity index is 1290. The molecule has 2 aliphatic heterocycles. The number of nitrogens with zero attached hydrogens (tertiary/aromatic N) is 3. The quantitative estimate of drug-likeness (QED) is 0.519. The molecule has 170 valence electrons. The summed E-state index contributed by atoms with van der Waals surface area (Å²) in [5.41, 5.74) is 2.66. The second kappa shape index (κ2) is 8.78. The summed E-state index contributed by atoms with van der Waals surface area (Å²) in [6, 6.07) is 10.7. The van der Waals surface area contributed by atoms with Crippen molar-refractivity contribution in [1.82, 2.24) is 20.2 Å². The summed E-state index contributed by atoms with van der Waals surface area (Å²) in [6.07, 6.45) is 8.42. The fourth-order valence-electron chi connectivity index (χ4n) is 4.24. The van der Waals surface area contributed by atoms with Crippen LogP contribution in [0.25, 0.3) is 12.2 Å². The molecule has 3 heterocycles. The number of carbonyl (C=O) groups excluding carboxylic acids is 3. The maximum absolute atomic E-state index is 13.4. The first kappa shape index (κ1) is 21.3. The van der Waals surface area contributed by atoms with Crippen LogP contribution >= 0.6 is 0 Å². The third-order valence-electron chi connectivity index (χ3n) is 5.93. The van der Waals surface area contributed by atoms with Gasteiger partial charge in [-0.05, 0) is 41.8 Å². The zero-order valence-corrected chi connectivity index (χ0v) is 18.0. The van der Waals surface area contributed by atoms with Gasteiger partial charge in [-0.3, -0.25) is 19.4 Å². The summed E-state index contributed by atoms with van der Waals surface area (Å²) in [5, 5.41) is 15.1. The molecule has 9 heteroatoms. The fraction of sp³-hybridized carbons (Fsp3) is 0.160. The minimum absolute atomic E-state index is 0.148. The number of amides is 3. The molecule has 9 nitrogen and oxygen atoms in total. The van der Waals surface area contributed by atoms with Gasteiger partial charge in [0.15, 0.2) is 0 Å². The molecule has 2 aromatic carbocycles. The molecule has 1 fully saturated rings. The molecular formula is C25H21N5O4. The molecule has 0 bridgehead atoms. The van der Waals surface area contributed by atoms with Crippen molar-refractivity contribution >= 4 is 35.6 Å². The van der Waals surface area contributed by atoms with Crippen LogP contribution in [0.5, 0.6) is 5.75 Å². The van der Waals surface area contributed by atoms with Gasteiger partial charge in [0.1, 0.15) is 17.5 Å². The molecule has 0 spiro atoms. The maximum Gasteiger partial charge on any atom is 0.271 e. The summed E-state index contributed by atoms with van der Waals surface area (Å²) in [4.78, 5) is 48.4. The van der Waals surface area contributed by atoms with E-state index in [-0.39, 0.29) is 23.3 Å². The molecule has 5 rings (SSSR count). The van der Waals surface area contributed by atoms with Crippen molar-refractivity contribution in [3.8, 4) is 5.75 Å². The lowest BCUT2D eigenvalue weighted by Crippen LogP contribution is -2.51. The van der Waals surface area contributed by atoms with Gasteiger partial charge in [0.2, 0.25) is 5.91 Å². The Labute approximate surface area is 195 Å². The summed E-state index contributed by atoms with van der Waals surface area (Å²) in [6.45, 7) is 0.343. The highest BCUT2D eigenvalue weighted by Gasteiger charge is 2.45. The van der Waals surface area contributed by atoms with Crippen molar-refractivity contribution < 1.29 is 19.5 Å². The van der Waals surface area contributed by atoms with E-state index >= 15 is 0 Å². The SMILES string of the molecule is O=C(NC1CCN2C(=O)c3cc(C=Cc4ccc(O)cc4)ccc3NC(=O)C12)c1cnccn1. The highest BCUT2D eigenvalue weighted by Crippen LogP contribution is 2.30. The van der Waals surface area contributed by atoms with E-state index in [9.17, 15) is 19.5 Å². The predicted molar refractivity (Wildman–Crippen MR) is 125 cm³/mol. The monoisotopic (exact) mass is 455 g/mol. The Morgan fingerprint density at radius 1 is 1.09 bits per heavy atom. The first-order chi connectivity index (χ1) is 16.5. The molecule has 3 N–H and O–H groups in total. The third-order valence-corrected chi connectivity index (χ3v) is 5.93. The Balaban J connectivity index is 1.37. The number of anilines is 1. The standard InChI is InChI=1S/C25H21N5O4/c31-17-6-3-15(4-7-17)1-2-16-5-8-19-18(13-16)25(34)30-12-9-20(22(30)24(33)28-19)29-23(32)21-14-26-10-11-27-21/h1-8,10-11,13-14,20,22,31H,9,12H2,(H,28,33)(H,29,32). The predicted octanol–water partition coefficient (Wildman–Crippen LogP) is 2.32. The van der Waals surface area contributed by atoms with Crippen LogP contribution in [0, 0.1) is 0 Å². The van der Waals surface area contributed by atoms with Gasteiger partial charge in [-0.2, -0.15) is 0 Å². The van der Waals surface area contributed by atoms with Crippen molar-refractivity contribution in [2.24, 2.45) is 0 Å². The number of phenolic OH excluding ortho intramolecular Hbond substituents is 1. The Morgan fingerprint density at radius 2 is 1.85 bits per heavy atom. The molecular weight excluding hydrogens is 434 g/mol. The minimum atomic E-state index is -0.823. The fourth-order valence-corrected chi connectivity index (χ4v) is 4.24. The van der Waals surface area contributed by atoms with Crippen LogP contribution in [0.2, 0.25) is 0 Å². The largest absolute Gasteiger partial charge is 0.508 e. The summed E-state index contributed by atoms with van der Waals surface area (Å²) in [7, 11) is 0. The number of nitrogens with one attached hydrogen (secondary N) is 2. The highest BCUT2D eigenvalue weighted by molar-refractivity contribution is 6.11. The smallest absolute Gasteiger partial charge is 0.271 e. The Kier molecular flexibility index (Phi) is 5.51. The minimum Gasteiger partial charge on any atom is -0.508 e. The van der Waals surface area contributed by atoms with Crippen molar-refractivity contribution in [1.29, 1.82) is 0 Å². The van der Waals surface area contributed by atoms with E-state index in [1.807, 2.05) is 18.2 Å². The zero-order valence-electron chi connectivity index (χ0n) is 18.0. The van der Waals surface area contributed by atoms with E-state index in [2.05, 4.69) is 20.6 Å². The normalized spacial score (nSPS) is 19.4. The number of fused-ring (bicyclic) bond motifs is 2. The molecule has 2 atom stereocenters. The van der Waals surface area contributed by atoms with E-state index in [1.165, 1.54) is 23.5 Å². The number of aromatic nitrogens is 2. The molecule has 3 amide bonds. The summed E-state index contributed by atoms with van der Waals surface area (Å²) < 4.78 is 0. The zero-order chi connectivity index (χ0) is 23.7. The second-order valence-corrected chi connectivity index (χ2v) is 8.12. The van der Waals surface area contributed by atoms with E-state index in [0.717, 1.165) is 11.1 Å². The molecule has 0 aliphatic carbocycles. The molecule has 2 unspecified atom stereocenters. The van der Waals surface area contributed by atoms with Gasteiger partial charge in [-0.1, -0.05) is 30.4 Å². The lowest BCUT2D eigenvalue weighted by molar-refractivity contribution is -0.120. The summed E-state index contributed by atoms with van der Waals surface area (Å²) in [5.74, 6) is -0.866. The van der Waals surface area contributed by atoms with Gasteiger partial charge >= 0.3 is 0 Å². The van der Waals surface area contributed by atoms with Gasteiger partial charge in [0.25, 0.3) is 11.8 Å². The number of hydrogen-bond donors (Lipinski definition) is 3. The number of benzene rings is 2. The van der Waals surface area contributed by atoms with E-state index in [0.29, 0.717) is 24.2 Å². The van der Waals surface area contributed by atoms with Crippen LogP contribution in [0.4, 0.5) is 5.69 Å². The van der Waals surface area contributed by atoms with Crippen molar-refractivity contribution in [2.75, 3.05) is 11.9 Å². The van der Waals surface area contributed by atoms with Crippen LogP contribution in [0.1, 0.15) is 38.4 Å². The van der Waals surface area contributed by atoms with Crippen molar-refractivity contribution in [2.45, 2.75) is 18.5 Å². The Hall–Kier alpha value is -4.53. The lowest BCUT2D eigenvalue weighted by atomic mass is 10.1. The van der Waals surface area contributed by atoms with E-state index in [4.69, 9.17) is 0 Å². The molecule has 1 saturated heterocycles. The Morgan fingerprint density at radius 3 is 2.62 bits per heavy atom. The lowest BCUT2D eigenvalue weighted by Gasteiger charge is -2.24. The average molecular weight is 455 g/mol. The molecule has 0 saturated carbocycles. The van der Waals surface area contributed by atoms with Crippen molar-refractivity contribution in [3.63, 3.8) is 0 Å². The van der Waals surface area contributed by atoms with Crippen LogP contribution in [0.3, 0.4) is 0 Å². The van der Waals surface area contributed by atoms with Gasteiger partial charge in [0.05, 0.1) is 23.5 Å². The molecule has 0 radical (unpaired) electrons. The van der Waals surface area contributed by atoms with Gasteiger partial charge < -0.3 is 20.6 Å². The van der Waals surface area contributed by atoms with Crippen LogP contribution in [-0.2, 0) is 4.79 Å². The van der Waals surface area contributed by atoms with E-state index < -0.39 is 18.0 Å². The number of aromatic hydroxyl groups is 1. The molecule has 3 aromatic rings. The average Bonchev–Trinajstić information content (AvgIpc) is 3.23. The number of phenols is 1. The van der Waals surface area contributed by atoms with Gasteiger partial charge in [-0.25, -0.2) is 4.98 Å². The van der Waals surface area contributed by atoms with E-state index in [1.54, 1.807) is 36.4 Å². The molecule has 1 aromatic heterocycles. The highest BCUT2D eigenvalue weighted by atomic mass is 16.3. The molecule has 34 heavy (non-hydrogen) atoms. The third kappa shape index (κ3) is 4.11. The first-order valence-corrected chi connectivity index (χ1v) is 10.8. The summed E-state index contributed by atoms with van der Waals surface area (Å²) >= 11 is 0.